The number of anilines is 1. The van der Waals surface area contributed by atoms with E-state index in [-0.39, 0.29) is 12.5 Å². The number of benzene rings is 1. The molecule has 0 aliphatic carbocycles. The van der Waals surface area contributed by atoms with Gasteiger partial charge in [0.2, 0.25) is 5.91 Å². The van der Waals surface area contributed by atoms with Gasteiger partial charge in [0.1, 0.15) is 6.54 Å². The van der Waals surface area contributed by atoms with Crippen LogP contribution in [0.15, 0.2) is 24.3 Å². The van der Waals surface area contributed by atoms with Gasteiger partial charge >= 0.3 is 5.97 Å². The van der Waals surface area contributed by atoms with Crippen LogP contribution < -0.4 is 10.6 Å². The first-order valence-corrected chi connectivity index (χ1v) is 6.90. The standard InChI is InChI=1S/C14H19ClN2O3/c15-11-5-7-12(8-6-11)17(10-14(19)20)13(18)4-2-1-3-9-16/h5-8H,1-4,9-10,16H2,(H,19,20). The Morgan fingerprint density at radius 1 is 1.15 bits per heavy atom. The molecule has 0 saturated heterocycles. The molecule has 0 spiro atoms. The van der Waals surface area contributed by atoms with Crippen LogP contribution in [0.4, 0.5) is 5.69 Å². The number of amides is 1. The lowest BCUT2D eigenvalue weighted by Gasteiger charge is -2.21. The van der Waals surface area contributed by atoms with Crippen molar-refractivity contribution in [3.8, 4) is 0 Å². The van der Waals surface area contributed by atoms with E-state index in [0.717, 1.165) is 12.8 Å². The second-order valence-corrected chi connectivity index (χ2v) is 4.89. The smallest absolute Gasteiger partial charge is 0.323 e. The fourth-order valence-electron chi connectivity index (χ4n) is 1.81. The molecule has 0 aliphatic heterocycles. The number of nitrogens with zero attached hydrogens (tertiary/aromatic N) is 1. The summed E-state index contributed by atoms with van der Waals surface area (Å²) in [6.45, 7) is 0.252. The molecule has 0 atom stereocenters. The largest absolute Gasteiger partial charge is 0.480 e. The molecule has 1 aromatic rings. The van der Waals surface area contributed by atoms with E-state index in [1.807, 2.05) is 0 Å². The third-order valence-electron chi connectivity index (χ3n) is 2.83. The number of hydrogen-bond acceptors (Lipinski definition) is 3. The summed E-state index contributed by atoms with van der Waals surface area (Å²) in [5, 5.41) is 9.46. The van der Waals surface area contributed by atoms with E-state index >= 15 is 0 Å². The number of carbonyl (C=O) groups is 2. The van der Waals surface area contributed by atoms with Crippen molar-refractivity contribution in [1.82, 2.24) is 0 Å². The van der Waals surface area contributed by atoms with Crippen LogP contribution in [0.3, 0.4) is 0 Å². The van der Waals surface area contributed by atoms with Crippen LogP contribution in [0.2, 0.25) is 5.02 Å². The van der Waals surface area contributed by atoms with E-state index < -0.39 is 5.97 Å². The summed E-state index contributed by atoms with van der Waals surface area (Å²) in [5.41, 5.74) is 5.93. The minimum atomic E-state index is -1.05. The zero-order valence-corrected chi connectivity index (χ0v) is 12.0. The molecule has 6 heteroatoms. The van der Waals surface area contributed by atoms with Gasteiger partial charge < -0.3 is 15.7 Å². The number of carbonyl (C=O) groups excluding carboxylic acids is 1. The molecule has 0 radical (unpaired) electrons. The number of aliphatic carboxylic acids is 1. The maximum atomic E-state index is 12.1. The molecule has 20 heavy (non-hydrogen) atoms. The van der Waals surface area contributed by atoms with Gasteiger partial charge in [-0.3, -0.25) is 9.59 Å². The van der Waals surface area contributed by atoms with E-state index in [9.17, 15) is 9.59 Å². The first-order valence-electron chi connectivity index (χ1n) is 6.52. The molecule has 0 saturated carbocycles. The molecule has 5 nitrogen and oxygen atoms in total. The third-order valence-corrected chi connectivity index (χ3v) is 3.08. The highest BCUT2D eigenvalue weighted by molar-refractivity contribution is 6.30. The second-order valence-electron chi connectivity index (χ2n) is 4.45. The van der Waals surface area contributed by atoms with Gasteiger partial charge in [-0.15, -0.1) is 0 Å². The fraction of sp³-hybridized carbons (Fsp3) is 0.429. The number of nitrogens with two attached hydrogens (primary N) is 1. The Labute approximate surface area is 123 Å². The van der Waals surface area contributed by atoms with E-state index in [4.69, 9.17) is 22.4 Å². The molecule has 0 heterocycles. The minimum Gasteiger partial charge on any atom is -0.480 e. The SMILES string of the molecule is NCCCCCC(=O)N(CC(=O)O)c1ccc(Cl)cc1. The molecular weight excluding hydrogens is 280 g/mol. The highest BCUT2D eigenvalue weighted by Gasteiger charge is 2.18. The van der Waals surface area contributed by atoms with Gasteiger partial charge in [0, 0.05) is 17.1 Å². The summed E-state index contributed by atoms with van der Waals surface area (Å²) in [5.74, 6) is -1.25. The number of rotatable bonds is 8. The lowest BCUT2D eigenvalue weighted by molar-refractivity contribution is -0.136. The van der Waals surface area contributed by atoms with Crippen molar-refractivity contribution in [3.05, 3.63) is 29.3 Å². The summed E-state index contributed by atoms with van der Waals surface area (Å²) in [6, 6.07) is 6.55. The van der Waals surface area contributed by atoms with Gasteiger partial charge in [0.05, 0.1) is 0 Å². The molecule has 1 amide bonds. The van der Waals surface area contributed by atoms with Gasteiger partial charge in [0.15, 0.2) is 0 Å². The van der Waals surface area contributed by atoms with Crippen LogP contribution in [-0.4, -0.2) is 30.1 Å². The molecule has 1 aromatic carbocycles. The molecule has 0 bridgehead atoms. The van der Waals surface area contributed by atoms with Gasteiger partial charge in [-0.05, 0) is 43.7 Å². The lowest BCUT2D eigenvalue weighted by Crippen LogP contribution is -2.35. The first-order chi connectivity index (χ1) is 9.54. The Bertz CT molecular complexity index is 448. The molecule has 1 rings (SSSR count). The number of unbranched alkanes of at least 4 members (excludes halogenated alkanes) is 2. The van der Waals surface area contributed by atoms with Gasteiger partial charge in [-0.1, -0.05) is 18.0 Å². The van der Waals surface area contributed by atoms with Crippen molar-refractivity contribution in [3.63, 3.8) is 0 Å². The molecule has 0 unspecified atom stereocenters. The van der Waals surface area contributed by atoms with Crippen LogP contribution in [0.25, 0.3) is 0 Å². The van der Waals surface area contributed by atoms with Crippen molar-refractivity contribution in [2.75, 3.05) is 18.0 Å². The minimum absolute atomic E-state index is 0.202. The van der Waals surface area contributed by atoms with E-state index in [2.05, 4.69) is 0 Å². The quantitative estimate of drug-likeness (QED) is 0.721. The van der Waals surface area contributed by atoms with Crippen molar-refractivity contribution < 1.29 is 14.7 Å². The Morgan fingerprint density at radius 2 is 1.80 bits per heavy atom. The zero-order valence-electron chi connectivity index (χ0n) is 11.2. The number of carboxylic acids is 1. The Morgan fingerprint density at radius 3 is 2.35 bits per heavy atom. The fourth-order valence-corrected chi connectivity index (χ4v) is 1.94. The van der Waals surface area contributed by atoms with Crippen molar-refractivity contribution >= 4 is 29.2 Å². The predicted molar refractivity (Wildman–Crippen MR) is 79.0 cm³/mol. The highest BCUT2D eigenvalue weighted by atomic mass is 35.5. The number of carboxylic acid groups (broad SMARTS) is 1. The van der Waals surface area contributed by atoms with Crippen LogP contribution in [0.1, 0.15) is 25.7 Å². The lowest BCUT2D eigenvalue weighted by atomic mass is 10.1. The molecule has 0 aromatic heterocycles. The Hall–Kier alpha value is -1.59. The average molecular weight is 299 g/mol. The number of halogens is 1. The highest BCUT2D eigenvalue weighted by Crippen LogP contribution is 2.19. The Kier molecular flexibility index (Phi) is 7.04. The van der Waals surface area contributed by atoms with Gasteiger partial charge in [-0.25, -0.2) is 0 Å². The van der Waals surface area contributed by atoms with Crippen molar-refractivity contribution in [2.24, 2.45) is 5.73 Å². The summed E-state index contributed by atoms with van der Waals surface area (Å²) >= 11 is 5.79. The molecule has 0 fully saturated rings. The van der Waals surface area contributed by atoms with Crippen LogP contribution >= 0.6 is 11.6 Å². The van der Waals surface area contributed by atoms with Crippen molar-refractivity contribution in [2.45, 2.75) is 25.7 Å². The topological polar surface area (TPSA) is 83.6 Å². The van der Waals surface area contributed by atoms with E-state index in [1.54, 1.807) is 24.3 Å². The third kappa shape index (κ3) is 5.59. The molecule has 3 N–H and O–H groups in total. The summed E-state index contributed by atoms with van der Waals surface area (Å²) in [4.78, 5) is 24.3. The predicted octanol–water partition coefficient (Wildman–Crippen LogP) is 2.28. The first kappa shape index (κ1) is 16.5. The summed E-state index contributed by atoms with van der Waals surface area (Å²) in [6.07, 6.45) is 2.76. The molecular formula is C14H19ClN2O3. The normalized spacial score (nSPS) is 10.3. The molecule has 110 valence electrons. The summed E-state index contributed by atoms with van der Waals surface area (Å²) in [7, 11) is 0. The van der Waals surface area contributed by atoms with Crippen molar-refractivity contribution in [1.29, 1.82) is 0 Å². The number of hydrogen-bond donors (Lipinski definition) is 2. The zero-order chi connectivity index (χ0) is 15.0. The maximum absolute atomic E-state index is 12.1. The molecule has 0 aliphatic rings. The van der Waals surface area contributed by atoms with Crippen LogP contribution in [0, 0.1) is 0 Å². The van der Waals surface area contributed by atoms with Gasteiger partial charge in [0.25, 0.3) is 0 Å². The van der Waals surface area contributed by atoms with E-state index in [0.29, 0.717) is 30.1 Å². The van der Waals surface area contributed by atoms with Crippen LogP contribution in [0.5, 0.6) is 0 Å². The van der Waals surface area contributed by atoms with Gasteiger partial charge in [-0.2, -0.15) is 0 Å². The maximum Gasteiger partial charge on any atom is 0.323 e. The average Bonchev–Trinajstić information content (AvgIpc) is 2.42. The monoisotopic (exact) mass is 298 g/mol. The van der Waals surface area contributed by atoms with E-state index in [1.165, 1.54) is 4.90 Å². The Balaban J connectivity index is 2.70. The second kappa shape index (κ2) is 8.55. The summed E-state index contributed by atoms with van der Waals surface area (Å²) < 4.78 is 0. The van der Waals surface area contributed by atoms with Crippen LogP contribution in [-0.2, 0) is 9.59 Å².